The van der Waals surface area contributed by atoms with E-state index in [1.807, 2.05) is 0 Å². The van der Waals surface area contributed by atoms with Crippen molar-refractivity contribution in [3.8, 4) is 0 Å². The highest BCUT2D eigenvalue weighted by atomic mass is 32.1. The topological polar surface area (TPSA) is 104 Å². The molecule has 1 amide bonds. The minimum atomic E-state index is -0.338. The highest BCUT2D eigenvalue weighted by Crippen LogP contribution is 2.28. The lowest BCUT2D eigenvalue weighted by Crippen LogP contribution is -2.43. The second-order valence-corrected chi connectivity index (χ2v) is 6.17. The first-order valence-corrected chi connectivity index (χ1v) is 8.08. The Morgan fingerprint density at radius 3 is 2.95 bits per heavy atom. The van der Waals surface area contributed by atoms with Crippen molar-refractivity contribution < 1.29 is 9.90 Å². The molecule has 7 nitrogen and oxygen atoms in total. The Balaban J connectivity index is 1.90. The van der Waals surface area contributed by atoms with Gasteiger partial charge in [0.1, 0.15) is 10.7 Å². The molecular formula is C13H23N5O2S. The molecule has 0 aliphatic carbocycles. The lowest BCUT2D eigenvalue weighted by molar-refractivity contribution is 0.0954. The first-order chi connectivity index (χ1) is 10.1. The molecule has 1 unspecified atom stereocenters. The fourth-order valence-electron chi connectivity index (χ4n) is 2.15. The Kier molecular flexibility index (Phi) is 5.77. The van der Waals surface area contributed by atoms with Gasteiger partial charge in [-0.15, -0.1) is 0 Å². The SMILES string of the molecule is CC(O)CCCNC(=O)c1sc(N2CCNCC2)nc1N. The molecule has 0 radical (unpaired) electrons. The second kappa shape index (κ2) is 7.58. The zero-order valence-electron chi connectivity index (χ0n) is 12.3. The zero-order valence-corrected chi connectivity index (χ0v) is 13.1. The van der Waals surface area contributed by atoms with E-state index in [-0.39, 0.29) is 12.0 Å². The third-order valence-corrected chi connectivity index (χ3v) is 4.45. The van der Waals surface area contributed by atoms with Crippen molar-refractivity contribution in [3.05, 3.63) is 4.88 Å². The van der Waals surface area contributed by atoms with E-state index in [0.29, 0.717) is 23.7 Å². The van der Waals surface area contributed by atoms with E-state index in [1.165, 1.54) is 11.3 Å². The molecule has 21 heavy (non-hydrogen) atoms. The van der Waals surface area contributed by atoms with E-state index in [9.17, 15) is 9.90 Å². The van der Waals surface area contributed by atoms with Gasteiger partial charge < -0.3 is 26.4 Å². The lowest BCUT2D eigenvalue weighted by Gasteiger charge is -2.26. The van der Waals surface area contributed by atoms with Gasteiger partial charge in [-0.25, -0.2) is 4.98 Å². The predicted octanol–water partition coefficient (Wildman–Crippen LogP) is 0.0257. The number of nitrogens with zero attached hydrogens (tertiary/aromatic N) is 2. The number of aliphatic hydroxyl groups excluding tert-OH is 1. The molecule has 1 saturated heterocycles. The van der Waals surface area contributed by atoms with Crippen LogP contribution < -0.4 is 21.3 Å². The quantitative estimate of drug-likeness (QED) is 0.552. The number of thiazole rings is 1. The molecule has 2 rings (SSSR count). The van der Waals surface area contributed by atoms with Gasteiger partial charge in [-0.3, -0.25) is 4.79 Å². The molecule has 1 fully saturated rings. The molecule has 1 aliphatic rings. The van der Waals surface area contributed by atoms with Gasteiger partial charge in [0.25, 0.3) is 5.91 Å². The Morgan fingerprint density at radius 2 is 2.29 bits per heavy atom. The number of nitrogens with one attached hydrogen (secondary N) is 2. The van der Waals surface area contributed by atoms with Gasteiger partial charge in [-0.2, -0.15) is 0 Å². The van der Waals surface area contributed by atoms with Gasteiger partial charge in [-0.05, 0) is 19.8 Å². The average molecular weight is 313 g/mol. The van der Waals surface area contributed by atoms with E-state index < -0.39 is 0 Å². The molecule has 118 valence electrons. The van der Waals surface area contributed by atoms with E-state index in [2.05, 4.69) is 20.5 Å². The molecule has 0 spiro atoms. The summed E-state index contributed by atoms with van der Waals surface area (Å²) < 4.78 is 0. The first kappa shape index (κ1) is 16.0. The molecule has 1 atom stereocenters. The molecule has 0 bridgehead atoms. The summed E-state index contributed by atoms with van der Waals surface area (Å²) in [5.74, 6) is 0.110. The molecule has 1 aromatic heterocycles. The number of hydrogen-bond acceptors (Lipinski definition) is 7. The van der Waals surface area contributed by atoms with Crippen molar-refractivity contribution in [2.24, 2.45) is 0 Å². The molecule has 0 aromatic carbocycles. The van der Waals surface area contributed by atoms with Crippen LogP contribution in [0.4, 0.5) is 10.9 Å². The maximum atomic E-state index is 12.1. The Labute approximate surface area is 128 Å². The van der Waals surface area contributed by atoms with Crippen molar-refractivity contribution in [2.45, 2.75) is 25.9 Å². The van der Waals surface area contributed by atoms with Crippen LogP contribution in [0.25, 0.3) is 0 Å². The highest BCUT2D eigenvalue weighted by molar-refractivity contribution is 7.18. The number of piperazine rings is 1. The smallest absolute Gasteiger partial charge is 0.265 e. The summed E-state index contributed by atoms with van der Waals surface area (Å²) in [5.41, 5.74) is 5.86. The maximum absolute atomic E-state index is 12.1. The van der Waals surface area contributed by atoms with E-state index in [0.717, 1.165) is 37.7 Å². The Bertz CT molecular complexity index is 471. The zero-order chi connectivity index (χ0) is 15.2. The van der Waals surface area contributed by atoms with Gasteiger partial charge in [0.2, 0.25) is 0 Å². The Hall–Kier alpha value is -1.38. The van der Waals surface area contributed by atoms with Crippen LogP contribution in [0.1, 0.15) is 29.4 Å². The van der Waals surface area contributed by atoms with Crippen LogP contribution in [0.15, 0.2) is 0 Å². The van der Waals surface area contributed by atoms with Crippen LogP contribution in [0.5, 0.6) is 0 Å². The van der Waals surface area contributed by atoms with Crippen LogP contribution in [-0.2, 0) is 0 Å². The number of amides is 1. The van der Waals surface area contributed by atoms with E-state index >= 15 is 0 Å². The predicted molar refractivity (Wildman–Crippen MR) is 84.9 cm³/mol. The van der Waals surface area contributed by atoms with Crippen molar-refractivity contribution in [3.63, 3.8) is 0 Å². The van der Waals surface area contributed by atoms with Crippen LogP contribution in [0, 0.1) is 0 Å². The highest BCUT2D eigenvalue weighted by Gasteiger charge is 2.20. The van der Waals surface area contributed by atoms with Gasteiger partial charge in [0.05, 0.1) is 6.10 Å². The summed E-state index contributed by atoms with van der Waals surface area (Å²) in [7, 11) is 0. The molecule has 0 saturated carbocycles. The van der Waals surface area contributed by atoms with Crippen molar-refractivity contribution in [1.29, 1.82) is 0 Å². The molecule has 2 heterocycles. The Morgan fingerprint density at radius 1 is 1.57 bits per heavy atom. The third-order valence-electron chi connectivity index (χ3n) is 3.32. The molecular weight excluding hydrogens is 290 g/mol. The number of anilines is 2. The number of nitrogen functional groups attached to an aromatic ring is 1. The number of aliphatic hydroxyl groups is 1. The fourth-order valence-corrected chi connectivity index (χ4v) is 3.11. The number of aromatic nitrogens is 1. The molecule has 8 heteroatoms. The summed E-state index contributed by atoms with van der Waals surface area (Å²) in [6.45, 7) is 5.86. The second-order valence-electron chi connectivity index (χ2n) is 5.20. The van der Waals surface area contributed by atoms with Crippen LogP contribution in [0.2, 0.25) is 0 Å². The summed E-state index contributed by atoms with van der Waals surface area (Å²) in [6, 6.07) is 0. The minimum Gasteiger partial charge on any atom is -0.393 e. The largest absolute Gasteiger partial charge is 0.393 e. The molecule has 5 N–H and O–H groups in total. The molecule has 1 aliphatic heterocycles. The lowest BCUT2D eigenvalue weighted by atomic mass is 10.2. The van der Waals surface area contributed by atoms with Crippen LogP contribution in [-0.4, -0.2) is 54.8 Å². The minimum absolute atomic E-state index is 0.183. The summed E-state index contributed by atoms with van der Waals surface area (Å²) >= 11 is 1.34. The summed E-state index contributed by atoms with van der Waals surface area (Å²) in [5, 5.41) is 16.1. The van der Waals surface area contributed by atoms with Gasteiger partial charge >= 0.3 is 0 Å². The number of rotatable bonds is 6. The van der Waals surface area contributed by atoms with Crippen molar-refractivity contribution in [1.82, 2.24) is 15.6 Å². The summed E-state index contributed by atoms with van der Waals surface area (Å²) in [4.78, 5) is 19.0. The van der Waals surface area contributed by atoms with E-state index in [4.69, 9.17) is 5.73 Å². The number of hydrogen-bond donors (Lipinski definition) is 4. The van der Waals surface area contributed by atoms with E-state index in [1.54, 1.807) is 6.92 Å². The van der Waals surface area contributed by atoms with Crippen molar-refractivity contribution >= 4 is 28.2 Å². The number of nitrogens with two attached hydrogens (primary N) is 1. The maximum Gasteiger partial charge on any atom is 0.265 e. The monoisotopic (exact) mass is 313 g/mol. The van der Waals surface area contributed by atoms with Crippen LogP contribution >= 0.6 is 11.3 Å². The normalized spacial score (nSPS) is 16.8. The van der Waals surface area contributed by atoms with Gasteiger partial charge in [-0.1, -0.05) is 11.3 Å². The third kappa shape index (κ3) is 4.55. The van der Waals surface area contributed by atoms with Gasteiger partial charge in [0.15, 0.2) is 5.13 Å². The van der Waals surface area contributed by atoms with Gasteiger partial charge in [0, 0.05) is 32.7 Å². The van der Waals surface area contributed by atoms with Crippen LogP contribution in [0.3, 0.4) is 0 Å². The molecule has 1 aromatic rings. The summed E-state index contributed by atoms with van der Waals surface area (Å²) in [6.07, 6.45) is 1.08. The number of carbonyl (C=O) groups excluding carboxylic acids is 1. The first-order valence-electron chi connectivity index (χ1n) is 7.26. The number of carbonyl (C=O) groups is 1. The average Bonchev–Trinajstić information content (AvgIpc) is 2.86. The van der Waals surface area contributed by atoms with Crippen molar-refractivity contribution in [2.75, 3.05) is 43.4 Å². The standard InChI is InChI=1S/C13H23N5O2S/c1-9(19)3-2-4-16-12(20)10-11(14)17-13(21-10)18-7-5-15-6-8-18/h9,15,19H,2-8,14H2,1H3,(H,16,20). The fraction of sp³-hybridized carbons (Fsp3) is 0.692.